The highest BCUT2D eigenvalue weighted by Crippen LogP contribution is 2.29. The highest BCUT2D eigenvalue weighted by molar-refractivity contribution is 7.22. The van der Waals surface area contributed by atoms with Crippen LogP contribution in [0.15, 0.2) is 36.5 Å². The highest BCUT2D eigenvalue weighted by Gasteiger charge is 2.12. The largest absolute Gasteiger partial charge is 0.393 e. The summed E-state index contributed by atoms with van der Waals surface area (Å²) in [5.74, 6) is -0.116. The van der Waals surface area contributed by atoms with E-state index >= 15 is 0 Å². The summed E-state index contributed by atoms with van der Waals surface area (Å²) in [5, 5.41) is 22.9. The Hall–Kier alpha value is -2.03. The Bertz CT molecular complexity index is 1090. The number of halogens is 2. The van der Waals surface area contributed by atoms with Gasteiger partial charge in [-0.25, -0.2) is 4.98 Å². The normalized spacial score (nSPS) is 12.3. The minimum absolute atomic E-state index is 0.116. The van der Waals surface area contributed by atoms with Gasteiger partial charge in [0.15, 0.2) is 5.13 Å². The number of nitrogens with one attached hydrogen (secondary N) is 1. The molecule has 3 aromatic rings. The molecular weight excluding hydrogens is 469 g/mol. The van der Waals surface area contributed by atoms with Crippen molar-refractivity contribution >= 4 is 61.4 Å². The number of rotatable bonds is 7. The Morgan fingerprint density at radius 2 is 2.03 bits per heavy atom. The second-order valence-corrected chi connectivity index (χ2v) is 8.87. The number of pyridine rings is 1. The molecule has 3 rings (SSSR count). The number of carbonyl (C=O) groups is 1. The zero-order chi connectivity index (χ0) is 23.7. The van der Waals surface area contributed by atoms with Gasteiger partial charge in [-0.1, -0.05) is 60.9 Å². The number of nitrogens with zero attached hydrogens (tertiary/aromatic N) is 2. The van der Waals surface area contributed by atoms with Crippen molar-refractivity contribution < 1.29 is 15.0 Å². The second-order valence-electron chi connectivity index (χ2n) is 7.00. The van der Waals surface area contributed by atoms with Crippen LogP contribution in [0.1, 0.15) is 57.4 Å². The number of aliphatic hydroxyl groups is 2. The molecule has 0 aliphatic heterocycles. The summed E-state index contributed by atoms with van der Waals surface area (Å²) in [5.41, 5.74) is 3.30. The summed E-state index contributed by atoms with van der Waals surface area (Å²) in [4.78, 5) is 19.3. The van der Waals surface area contributed by atoms with Gasteiger partial charge in [-0.3, -0.25) is 9.78 Å². The molecule has 0 bridgehead atoms. The lowest BCUT2D eigenvalue weighted by Crippen LogP contribution is -2.04. The van der Waals surface area contributed by atoms with E-state index in [0.29, 0.717) is 20.7 Å². The molecule has 0 radical (unpaired) electrons. The number of anilines is 1. The van der Waals surface area contributed by atoms with Crippen LogP contribution in [0.25, 0.3) is 15.8 Å². The summed E-state index contributed by atoms with van der Waals surface area (Å²) in [6.45, 7) is 5.32. The first-order valence-electron chi connectivity index (χ1n) is 10.3. The first-order valence-corrected chi connectivity index (χ1v) is 11.8. The van der Waals surface area contributed by atoms with Crippen LogP contribution in [0.4, 0.5) is 5.13 Å². The van der Waals surface area contributed by atoms with Gasteiger partial charge in [0, 0.05) is 23.7 Å². The standard InChI is InChI=1S/C14H20ClNO2.C9H7ClN2OS/c1-3-5-10(6-4-2)14-12(15)7-11(8-16-14)13(18)9-17;1-5(13)11-9-12-7-3-2-6(10)4-8(7)14-9/h5,7-8,13,17-18H,3-4,6,9H2,1-2H3;2-4H,1H3,(H,11,12,13)/b10-5+;. The quantitative estimate of drug-likeness (QED) is 0.359. The van der Waals surface area contributed by atoms with Gasteiger partial charge in [-0.2, -0.15) is 0 Å². The zero-order valence-corrected chi connectivity index (χ0v) is 20.6. The molecule has 32 heavy (non-hydrogen) atoms. The number of fused-ring (bicyclic) bond motifs is 1. The first kappa shape index (κ1) is 26.2. The number of thiazole rings is 1. The van der Waals surface area contributed by atoms with E-state index in [-0.39, 0.29) is 12.5 Å². The third-order valence-corrected chi connectivity index (χ3v) is 5.78. The van der Waals surface area contributed by atoms with E-state index in [0.717, 1.165) is 40.7 Å². The van der Waals surface area contributed by atoms with E-state index < -0.39 is 6.10 Å². The maximum atomic E-state index is 10.8. The number of aromatic nitrogens is 2. The van der Waals surface area contributed by atoms with Gasteiger partial charge in [0.25, 0.3) is 0 Å². The monoisotopic (exact) mass is 495 g/mol. The molecule has 0 saturated carbocycles. The molecule has 172 valence electrons. The Morgan fingerprint density at radius 3 is 2.62 bits per heavy atom. The molecule has 1 amide bonds. The maximum Gasteiger partial charge on any atom is 0.223 e. The number of amides is 1. The van der Waals surface area contributed by atoms with Crippen molar-refractivity contribution in [2.24, 2.45) is 0 Å². The average Bonchev–Trinajstić information content (AvgIpc) is 3.14. The second kappa shape index (κ2) is 12.9. The summed E-state index contributed by atoms with van der Waals surface area (Å²) >= 11 is 13.4. The molecule has 0 aliphatic rings. The summed E-state index contributed by atoms with van der Waals surface area (Å²) in [6.07, 6.45) is 5.68. The van der Waals surface area contributed by atoms with Gasteiger partial charge in [0.1, 0.15) is 6.10 Å². The molecule has 1 unspecified atom stereocenters. The van der Waals surface area contributed by atoms with Crippen LogP contribution < -0.4 is 5.32 Å². The molecule has 0 fully saturated rings. The number of aliphatic hydroxyl groups excluding tert-OH is 2. The molecule has 0 spiro atoms. The van der Waals surface area contributed by atoms with E-state index in [1.54, 1.807) is 18.3 Å². The van der Waals surface area contributed by atoms with Crippen LogP contribution in [0, 0.1) is 0 Å². The third-order valence-electron chi connectivity index (χ3n) is 4.33. The van der Waals surface area contributed by atoms with Gasteiger partial charge in [-0.05, 0) is 42.7 Å². The number of carbonyl (C=O) groups excluding carboxylic acids is 1. The lowest BCUT2D eigenvalue weighted by Gasteiger charge is -2.12. The number of hydrogen-bond donors (Lipinski definition) is 3. The van der Waals surface area contributed by atoms with Crippen molar-refractivity contribution in [1.29, 1.82) is 0 Å². The van der Waals surface area contributed by atoms with E-state index in [9.17, 15) is 9.90 Å². The number of allylic oxidation sites excluding steroid dienone is 2. The molecule has 2 aromatic heterocycles. The van der Waals surface area contributed by atoms with E-state index in [1.807, 2.05) is 12.1 Å². The van der Waals surface area contributed by atoms with Crippen LogP contribution in [-0.2, 0) is 4.79 Å². The van der Waals surface area contributed by atoms with Crippen LogP contribution in [0.5, 0.6) is 0 Å². The van der Waals surface area contributed by atoms with Gasteiger partial charge < -0.3 is 15.5 Å². The molecule has 0 aliphatic carbocycles. The molecule has 9 heteroatoms. The SMILES string of the molecule is CC(=O)Nc1nc2ccc(Cl)cc2s1.CC/C=C(\CCC)c1ncc(C(O)CO)cc1Cl. The molecule has 3 N–H and O–H groups in total. The maximum absolute atomic E-state index is 10.8. The Morgan fingerprint density at radius 1 is 1.28 bits per heavy atom. The fourth-order valence-electron chi connectivity index (χ4n) is 2.91. The van der Waals surface area contributed by atoms with Crippen molar-refractivity contribution in [3.8, 4) is 0 Å². The molecule has 0 saturated heterocycles. The Kier molecular flexibility index (Phi) is 10.5. The summed E-state index contributed by atoms with van der Waals surface area (Å²) in [7, 11) is 0. The van der Waals surface area contributed by atoms with Crippen molar-refractivity contribution in [3.63, 3.8) is 0 Å². The van der Waals surface area contributed by atoms with E-state index in [1.165, 1.54) is 18.3 Å². The first-order chi connectivity index (χ1) is 15.3. The topological polar surface area (TPSA) is 95.3 Å². The number of benzene rings is 1. The van der Waals surface area contributed by atoms with Crippen molar-refractivity contribution in [1.82, 2.24) is 9.97 Å². The van der Waals surface area contributed by atoms with Crippen molar-refractivity contribution in [2.45, 2.75) is 46.1 Å². The predicted molar refractivity (Wildman–Crippen MR) is 133 cm³/mol. The molecule has 1 aromatic carbocycles. The van der Waals surface area contributed by atoms with Gasteiger partial charge in [-0.15, -0.1) is 0 Å². The van der Waals surface area contributed by atoms with Crippen LogP contribution in [0.2, 0.25) is 10.0 Å². The highest BCUT2D eigenvalue weighted by atomic mass is 35.5. The fraction of sp³-hybridized carbons (Fsp3) is 0.348. The Balaban J connectivity index is 0.000000233. The third kappa shape index (κ3) is 7.53. The van der Waals surface area contributed by atoms with Crippen LogP contribution in [-0.4, -0.2) is 32.7 Å². The lowest BCUT2D eigenvalue weighted by atomic mass is 10.0. The van der Waals surface area contributed by atoms with E-state index in [4.69, 9.17) is 28.3 Å². The van der Waals surface area contributed by atoms with Crippen LogP contribution >= 0.6 is 34.5 Å². The average molecular weight is 496 g/mol. The van der Waals surface area contributed by atoms with Crippen molar-refractivity contribution in [2.75, 3.05) is 11.9 Å². The zero-order valence-electron chi connectivity index (χ0n) is 18.2. The number of hydrogen-bond acceptors (Lipinski definition) is 6. The summed E-state index contributed by atoms with van der Waals surface area (Å²) < 4.78 is 0.973. The van der Waals surface area contributed by atoms with Gasteiger partial charge in [0.2, 0.25) is 5.91 Å². The van der Waals surface area contributed by atoms with Crippen LogP contribution in [0.3, 0.4) is 0 Å². The Labute approximate surface area is 201 Å². The minimum Gasteiger partial charge on any atom is -0.393 e. The molecule has 1 atom stereocenters. The lowest BCUT2D eigenvalue weighted by molar-refractivity contribution is -0.114. The fourth-order valence-corrected chi connectivity index (χ4v) is 4.40. The molecule has 2 heterocycles. The van der Waals surface area contributed by atoms with Crippen molar-refractivity contribution in [3.05, 3.63) is 57.8 Å². The summed E-state index contributed by atoms with van der Waals surface area (Å²) in [6, 6.07) is 7.12. The van der Waals surface area contributed by atoms with E-state index in [2.05, 4.69) is 35.2 Å². The molecule has 6 nitrogen and oxygen atoms in total. The smallest absolute Gasteiger partial charge is 0.223 e. The van der Waals surface area contributed by atoms with Gasteiger partial charge >= 0.3 is 0 Å². The molecular formula is C23H27Cl2N3O3S. The van der Waals surface area contributed by atoms with Gasteiger partial charge in [0.05, 0.1) is 27.5 Å². The minimum atomic E-state index is -0.922. The predicted octanol–water partition coefficient (Wildman–Crippen LogP) is 6.26.